The van der Waals surface area contributed by atoms with Crippen molar-refractivity contribution in [3.63, 3.8) is 0 Å². The van der Waals surface area contributed by atoms with Gasteiger partial charge in [0.1, 0.15) is 17.2 Å². The Balaban J connectivity index is 1.40. The van der Waals surface area contributed by atoms with Crippen LogP contribution in [0.5, 0.6) is 0 Å². The molecule has 4 rings (SSSR count). The average Bonchev–Trinajstić information content (AvgIpc) is 3.03. The van der Waals surface area contributed by atoms with E-state index in [0.717, 1.165) is 37.6 Å². The smallest absolute Gasteiger partial charge is 0.287 e. The summed E-state index contributed by atoms with van der Waals surface area (Å²) < 4.78 is 19.0. The largest absolute Gasteiger partial charge is 0.451 e. The second kappa shape index (κ2) is 7.59. The van der Waals surface area contributed by atoms with Gasteiger partial charge in [-0.1, -0.05) is 6.07 Å². The molecule has 1 fully saturated rings. The van der Waals surface area contributed by atoms with Gasteiger partial charge in [0.25, 0.3) is 5.91 Å². The first-order valence-corrected chi connectivity index (χ1v) is 9.36. The number of amides is 1. The van der Waals surface area contributed by atoms with Gasteiger partial charge >= 0.3 is 0 Å². The third kappa shape index (κ3) is 3.71. The fourth-order valence-corrected chi connectivity index (χ4v) is 3.42. The number of halogens is 1. The van der Waals surface area contributed by atoms with E-state index < -0.39 is 0 Å². The highest BCUT2D eigenvalue weighted by Gasteiger charge is 2.18. The number of aryl methyl sites for hydroxylation is 1. The second-order valence-corrected chi connectivity index (χ2v) is 7.19. The van der Waals surface area contributed by atoms with Crippen LogP contribution in [0, 0.1) is 12.7 Å². The molecule has 6 nitrogen and oxygen atoms in total. The van der Waals surface area contributed by atoms with Gasteiger partial charge in [-0.05, 0) is 43.8 Å². The number of rotatable bonds is 4. The first kappa shape index (κ1) is 18.4. The number of likely N-dealkylation sites (N-methyl/N-ethyl adjacent to an activating group) is 1. The van der Waals surface area contributed by atoms with Crippen molar-refractivity contribution in [1.82, 2.24) is 15.2 Å². The zero-order valence-electron chi connectivity index (χ0n) is 16.0. The molecule has 1 amide bonds. The van der Waals surface area contributed by atoms with Crippen molar-refractivity contribution >= 4 is 22.7 Å². The summed E-state index contributed by atoms with van der Waals surface area (Å²) in [5, 5.41) is 3.46. The van der Waals surface area contributed by atoms with E-state index >= 15 is 0 Å². The van der Waals surface area contributed by atoms with Gasteiger partial charge in [0.2, 0.25) is 0 Å². The van der Waals surface area contributed by atoms with Crippen molar-refractivity contribution in [2.45, 2.75) is 13.5 Å². The zero-order chi connectivity index (χ0) is 19.7. The lowest BCUT2D eigenvalue weighted by Gasteiger charge is -2.33. The summed E-state index contributed by atoms with van der Waals surface area (Å²) in [4.78, 5) is 21.6. The minimum absolute atomic E-state index is 0.211. The van der Waals surface area contributed by atoms with Crippen molar-refractivity contribution in [3.05, 3.63) is 59.2 Å². The Morgan fingerprint density at radius 1 is 1.21 bits per heavy atom. The molecule has 3 aromatic rings. The average molecular weight is 382 g/mol. The topological polar surface area (TPSA) is 61.6 Å². The molecule has 146 valence electrons. The van der Waals surface area contributed by atoms with Gasteiger partial charge in [-0.15, -0.1) is 0 Å². The summed E-state index contributed by atoms with van der Waals surface area (Å²) in [5.41, 5.74) is 2.05. The lowest BCUT2D eigenvalue weighted by molar-refractivity contribution is 0.0924. The van der Waals surface area contributed by atoms with Crippen LogP contribution in [0.4, 0.5) is 10.2 Å². The highest BCUT2D eigenvalue weighted by Crippen LogP contribution is 2.26. The Morgan fingerprint density at radius 2 is 2.00 bits per heavy atom. The Morgan fingerprint density at radius 3 is 2.71 bits per heavy atom. The first-order chi connectivity index (χ1) is 13.5. The van der Waals surface area contributed by atoms with E-state index in [9.17, 15) is 9.18 Å². The van der Waals surface area contributed by atoms with Gasteiger partial charge in [-0.2, -0.15) is 0 Å². The van der Waals surface area contributed by atoms with Crippen molar-refractivity contribution in [3.8, 4) is 0 Å². The molecule has 0 radical (unpaired) electrons. The number of piperazine rings is 1. The Hall–Kier alpha value is -2.93. The summed E-state index contributed by atoms with van der Waals surface area (Å²) >= 11 is 0. The van der Waals surface area contributed by atoms with Crippen LogP contribution in [0.25, 0.3) is 11.0 Å². The Bertz CT molecular complexity index is 992. The summed E-state index contributed by atoms with van der Waals surface area (Å²) in [6, 6.07) is 8.20. The quantitative estimate of drug-likeness (QED) is 0.752. The number of hydrogen-bond acceptors (Lipinski definition) is 5. The summed E-state index contributed by atoms with van der Waals surface area (Å²) in [6.07, 6.45) is 1.79. The van der Waals surface area contributed by atoms with E-state index in [1.807, 2.05) is 12.1 Å². The number of fused-ring (bicyclic) bond motifs is 1. The molecule has 7 heteroatoms. The highest BCUT2D eigenvalue weighted by molar-refractivity contribution is 5.98. The van der Waals surface area contributed by atoms with E-state index in [2.05, 4.69) is 27.1 Å². The van der Waals surface area contributed by atoms with Crippen LogP contribution in [0.2, 0.25) is 0 Å². The number of nitrogens with zero attached hydrogens (tertiary/aromatic N) is 3. The van der Waals surface area contributed by atoms with E-state index in [1.165, 1.54) is 18.2 Å². The number of carbonyl (C=O) groups is 1. The van der Waals surface area contributed by atoms with Gasteiger partial charge in [0.15, 0.2) is 5.76 Å². The molecule has 1 saturated heterocycles. The molecule has 28 heavy (non-hydrogen) atoms. The highest BCUT2D eigenvalue weighted by atomic mass is 19.1. The summed E-state index contributed by atoms with van der Waals surface area (Å²) in [7, 11) is 2.12. The van der Waals surface area contributed by atoms with Crippen LogP contribution in [0.3, 0.4) is 0 Å². The predicted octanol–water partition coefficient (Wildman–Crippen LogP) is 2.96. The molecule has 2 aromatic heterocycles. The standard InChI is InChI=1S/C21H23FN4O2/c1-14-17-11-16(22)4-5-18(17)28-20(14)21(27)24-13-15-3-6-19(23-12-15)26-9-7-25(2)8-10-26/h3-6,11-12H,7-10,13H2,1-2H3,(H,24,27). The summed E-state index contributed by atoms with van der Waals surface area (Å²) in [5.74, 6) is 0.494. The van der Waals surface area contributed by atoms with Crippen molar-refractivity contribution in [2.24, 2.45) is 0 Å². The molecule has 1 N–H and O–H groups in total. The molecule has 0 unspecified atom stereocenters. The third-order valence-electron chi connectivity index (χ3n) is 5.19. The van der Waals surface area contributed by atoms with E-state index in [0.29, 0.717) is 23.1 Å². The number of hydrogen-bond donors (Lipinski definition) is 1. The lowest BCUT2D eigenvalue weighted by atomic mass is 10.1. The minimum Gasteiger partial charge on any atom is -0.451 e. The molecule has 0 spiro atoms. The number of nitrogens with one attached hydrogen (secondary N) is 1. The van der Waals surface area contributed by atoms with E-state index in [1.54, 1.807) is 13.1 Å². The van der Waals surface area contributed by atoms with Crippen molar-refractivity contribution in [1.29, 1.82) is 0 Å². The molecular formula is C21H23FN4O2. The van der Waals surface area contributed by atoms with E-state index in [4.69, 9.17) is 4.42 Å². The normalized spacial score (nSPS) is 15.2. The molecular weight excluding hydrogens is 359 g/mol. The molecule has 1 aliphatic heterocycles. The maximum Gasteiger partial charge on any atom is 0.287 e. The Labute approximate surface area is 162 Å². The van der Waals surface area contributed by atoms with Crippen LogP contribution in [0.1, 0.15) is 21.7 Å². The van der Waals surface area contributed by atoms with Crippen LogP contribution >= 0.6 is 0 Å². The number of aromatic nitrogens is 1. The second-order valence-electron chi connectivity index (χ2n) is 7.19. The third-order valence-corrected chi connectivity index (χ3v) is 5.19. The van der Waals surface area contributed by atoms with Gasteiger partial charge < -0.3 is 19.5 Å². The van der Waals surface area contributed by atoms with Crippen molar-refractivity contribution in [2.75, 3.05) is 38.1 Å². The van der Waals surface area contributed by atoms with Crippen LogP contribution < -0.4 is 10.2 Å². The van der Waals surface area contributed by atoms with Gasteiger partial charge in [-0.25, -0.2) is 9.37 Å². The maximum atomic E-state index is 13.4. The summed E-state index contributed by atoms with van der Waals surface area (Å²) in [6.45, 7) is 6.09. The molecule has 1 aromatic carbocycles. The van der Waals surface area contributed by atoms with Gasteiger partial charge in [-0.3, -0.25) is 4.79 Å². The van der Waals surface area contributed by atoms with Crippen LogP contribution in [0.15, 0.2) is 40.9 Å². The molecule has 0 aliphatic carbocycles. The SMILES string of the molecule is Cc1c(C(=O)NCc2ccc(N3CCN(C)CC3)nc2)oc2ccc(F)cc12. The predicted molar refractivity (Wildman–Crippen MR) is 106 cm³/mol. The first-order valence-electron chi connectivity index (χ1n) is 9.36. The number of carbonyl (C=O) groups excluding carboxylic acids is 1. The molecule has 0 saturated carbocycles. The van der Waals surface area contributed by atoms with Gasteiger partial charge in [0, 0.05) is 49.9 Å². The minimum atomic E-state index is -0.352. The van der Waals surface area contributed by atoms with Crippen LogP contribution in [-0.2, 0) is 6.54 Å². The molecule has 0 bridgehead atoms. The number of pyridine rings is 1. The molecule has 3 heterocycles. The van der Waals surface area contributed by atoms with Crippen LogP contribution in [-0.4, -0.2) is 49.0 Å². The molecule has 1 aliphatic rings. The van der Waals surface area contributed by atoms with E-state index in [-0.39, 0.29) is 17.5 Å². The zero-order valence-corrected chi connectivity index (χ0v) is 16.0. The molecule has 0 atom stereocenters. The Kier molecular flexibility index (Phi) is 5.00. The number of furan rings is 1. The monoisotopic (exact) mass is 382 g/mol. The maximum absolute atomic E-state index is 13.4. The number of anilines is 1. The lowest BCUT2D eigenvalue weighted by Crippen LogP contribution is -2.44. The fraction of sp³-hybridized carbons (Fsp3) is 0.333. The van der Waals surface area contributed by atoms with Gasteiger partial charge in [0.05, 0.1) is 0 Å². The number of benzene rings is 1. The van der Waals surface area contributed by atoms with Crippen molar-refractivity contribution < 1.29 is 13.6 Å². The fourth-order valence-electron chi connectivity index (χ4n) is 3.42.